The minimum atomic E-state index is -0.484. The first kappa shape index (κ1) is 25.4. The van der Waals surface area contributed by atoms with E-state index in [0.29, 0.717) is 51.4 Å². The number of nitriles is 1. The number of aliphatic hydroxyl groups is 1. The Kier molecular flexibility index (Phi) is 6.05. The lowest BCUT2D eigenvalue weighted by atomic mass is 9.90. The number of piperazine rings is 1. The zero-order valence-corrected chi connectivity index (χ0v) is 23.1. The van der Waals surface area contributed by atoms with E-state index in [2.05, 4.69) is 20.9 Å². The molecule has 9 nitrogen and oxygen atoms in total. The van der Waals surface area contributed by atoms with Gasteiger partial charge in [0.05, 0.1) is 37.4 Å². The Balaban J connectivity index is 1.47. The number of fused-ring (bicyclic) bond motifs is 6. The molecule has 2 aromatic carbocycles. The molecule has 0 saturated carbocycles. The van der Waals surface area contributed by atoms with Crippen molar-refractivity contribution in [2.45, 2.75) is 51.2 Å². The van der Waals surface area contributed by atoms with Gasteiger partial charge in [-0.2, -0.15) is 15.2 Å². The third-order valence-electron chi connectivity index (χ3n) is 8.39. The first-order valence-electron chi connectivity index (χ1n) is 13.5. The number of aliphatic hydroxyl groups excluding tert-OH is 1. The van der Waals surface area contributed by atoms with Crippen molar-refractivity contribution in [3.8, 4) is 23.2 Å². The molecule has 2 bridgehead atoms. The van der Waals surface area contributed by atoms with Gasteiger partial charge in [-0.05, 0) is 42.5 Å². The number of benzene rings is 2. The van der Waals surface area contributed by atoms with Crippen molar-refractivity contribution in [1.29, 1.82) is 5.26 Å². The first-order chi connectivity index (χ1) is 19.4. The third kappa shape index (κ3) is 3.74. The molecule has 5 heterocycles. The molecule has 206 valence electrons. The van der Waals surface area contributed by atoms with E-state index < -0.39 is 11.9 Å². The molecule has 3 unspecified atom stereocenters. The Morgan fingerprint density at radius 1 is 1.23 bits per heavy atom. The highest BCUT2D eigenvalue weighted by atomic mass is 32.1. The van der Waals surface area contributed by atoms with Crippen molar-refractivity contribution in [3.63, 3.8) is 0 Å². The van der Waals surface area contributed by atoms with E-state index in [4.69, 9.17) is 20.2 Å². The summed E-state index contributed by atoms with van der Waals surface area (Å²) in [6.45, 7) is 4.59. The molecule has 4 aromatic rings. The van der Waals surface area contributed by atoms with Crippen molar-refractivity contribution in [3.05, 3.63) is 40.7 Å². The van der Waals surface area contributed by atoms with E-state index >= 15 is 4.39 Å². The van der Waals surface area contributed by atoms with Crippen molar-refractivity contribution >= 4 is 43.1 Å². The molecule has 0 radical (unpaired) electrons. The standard InChI is InChI=1S/C29H29FN6O3S/c1-14(37)9-35-10-15-6-7-16(11-35)36(15)28-24-20-13-39-12-19(20)23(25(30)26(24)33-29(34-28)38-2)17-4-3-5-21-22(17)18(8-31)27(32)40-21/h3-5,14-16,37H,6-7,9-13,32H2,1-2H3. The Bertz CT molecular complexity index is 1700. The number of ether oxygens (including phenoxy) is 2. The van der Waals surface area contributed by atoms with E-state index in [1.165, 1.54) is 18.4 Å². The Morgan fingerprint density at radius 2 is 1.98 bits per heavy atom. The maximum atomic E-state index is 16.9. The lowest BCUT2D eigenvalue weighted by Gasteiger charge is -2.42. The van der Waals surface area contributed by atoms with Crippen LogP contribution < -0.4 is 15.4 Å². The summed E-state index contributed by atoms with van der Waals surface area (Å²) in [6.07, 6.45) is 1.59. The molecule has 3 N–H and O–H groups in total. The number of thiophene rings is 1. The molecule has 2 saturated heterocycles. The van der Waals surface area contributed by atoms with Gasteiger partial charge < -0.3 is 25.2 Å². The average molecular weight is 561 g/mol. The molecular weight excluding hydrogens is 531 g/mol. The number of hydrogen-bond acceptors (Lipinski definition) is 10. The number of nitrogens with zero attached hydrogens (tertiary/aromatic N) is 5. The average Bonchev–Trinajstić information content (AvgIpc) is 3.61. The molecule has 0 aliphatic carbocycles. The zero-order chi connectivity index (χ0) is 27.7. The van der Waals surface area contributed by atoms with Crippen LogP contribution in [-0.2, 0) is 18.0 Å². The van der Waals surface area contributed by atoms with Gasteiger partial charge in [-0.15, -0.1) is 11.3 Å². The smallest absolute Gasteiger partial charge is 0.318 e. The summed E-state index contributed by atoms with van der Waals surface area (Å²) < 4.78 is 29.2. The molecule has 3 aliphatic heterocycles. The van der Waals surface area contributed by atoms with Gasteiger partial charge in [0.1, 0.15) is 22.4 Å². The molecular formula is C29H29FN6O3S. The Morgan fingerprint density at radius 3 is 2.67 bits per heavy atom. The number of hydrogen-bond donors (Lipinski definition) is 2. The number of aromatic nitrogens is 2. The van der Waals surface area contributed by atoms with Crippen LogP contribution >= 0.6 is 11.3 Å². The minimum Gasteiger partial charge on any atom is -0.467 e. The SMILES string of the molecule is COc1nc(N2C3CCC2CN(CC(C)O)C3)c2c3c(c(-c4cccc5sc(N)c(C#N)c45)c(F)c2n1)COC3. The van der Waals surface area contributed by atoms with Crippen molar-refractivity contribution < 1.29 is 19.0 Å². The quantitative estimate of drug-likeness (QED) is 0.370. The highest BCUT2D eigenvalue weighted by molar-refractivity contribution is 7.23. The van der Waals surface area contributed by atoms with Crippen LogP contribution in [0.2, 0.25) is 0 Å². The number of anilines is 2. The maximum Gasteiger partial charge on any atom is 0.318 e. The van der Waals surface area contributed by atoms with Crippen LogP contribution in [0.1, 0.15) is 36.5 Å². The van der Waals surface area contributed by atoms with Crippen LogP contribution in [0.15, 0.2) is 18.2 Å². The first-order valence-corrected chi connectivity index (χ1v) is 14.3. The molecule has 0 amide bonds. The molecule has 40 heavy (non-hydrogen) atoms. The molecule has 3 atom stereocenters. The van der Waals surface area contributed by atoms with Gasteiger partial charge in [-0.1, -0.05) is 12.1 Å². The zero-order valence-electron chi connectivity index (χ0n) is 22.3. The normalized spacial score (nSPS) is 21.2. The fourth-order valence-electron chi connectivity index (χ4n) is 6.90. The molecule has 2 aromatic heterocycles. The van der Waals surface area contributed by atoms with Crippen LogP contribution in [0.4, 0.5) is 15.2 Å². The number of nitrogens with two attached hydrogens (primary N) is 1. The molecule has 0 spiro atoms. The van der Waals surface area contributed by atoms with E-state index in [0.717, 1.165) is 41.8 Å². The van der Waals surface area contributed by atoms with E-state index in [1.54, 1.807) is 0 Å². The highest BCUT2D eigenvalue weighted by Gasteiger charge is 2.43. The number of rotatable bonds is 5. The van der Waals surface area contributed by atoms with Gasteiger partial charge in [0, 0.05) is 47.4 Å². The van der Waals surface area contributed by atoms with Crippen LogP contribution in [0, 0.1) is 17.1 Å². The Labute approximate surface area is 234 Å². The Hall–Kier alpha value is -3.56. The molecule has 2 fully saturated rings. The second-order valence-corrected chi connectivity index (χ2v) is 12.0. The lowest BCUT2D eigenvalue weighted by Crippen LogP contribution is -2.55. The largest absolute Gasteiger partial charge is 0.467 e. The van der Waals surface area contributed by atoms with Crippen LogP contribution in [0.25, 0.3) is 32.1 Å². The lowest BCUT2D eigenvalue weighted by molar-refractivity contribution is 0.111. The minimum absolute atomic E-state index is 0.104. The van der Waals surface area contributed by atoms with E-state index in [1.807, 2.05) is 25.1 Å². The van der Waals surface area contributed by atoms with Gasteiger partial charge in [0.25, 0.3) is 0 Å². The predicted molar refractivity (Wildman–Crippen MR) is 152 cm³/mol. The van der Waals surface area contributed by atoms with Crippen molar-refractivity contribution in [2.75, 3.05) is 37.4 Å². The third-order valence-corrected chi connectivity index (χ3v) is 9.37. The van der Waals surface area contributed by atoms with Gasteiger partial charge in [-0.25, -0.2) is 4.39 Å². The fraction of sp³-hybridized carbons (Fsp3) is 0.414. The summed E-state index contributed by atoms with van der Waals surface area (Å²) in [5.74, 6) is 0.191. The molecule has 3 aliphatic rings. The summed E-state index contributed by atoms with van der Waals surface area (Å²) in [5, 5.41) is 21.6. The van der Waals surface area contributed by atoms with Gasteiger partial charge in [0.2, 0.25) is 0 Å². The number of nitrogen functional groups attached to an aromatic ring is 1. The van der Waals surface area contributed by atoms with Crippen LogP contribution in [0.3, 0.4) is 0 Å². The van der Waals surface area contributed by atoms with Gasteiger partial charge in [-0.3, -0.25) is 4.90 Å². The molecule has 7 rings (SSSR count). The second-order valence-electron chi connectivity index (χ2n) is 10.9. The van der Waals surface area contributed by atoms with Crippen LogP contribution in [0.5, 0.6) is 6.01 Å². The maximum absolute atomic E-state index is 16.9. The van der Waals surface area contributed by atoms with Gasteiger partial charge in [0.15, 0.2) is 5.82 Å². The summed E-state index contributed by atoms with van der Waals surface area (Å²) in [5.41, 5.74) is 9.33. The van der Waals surface area contributed by atoms with Crippen molar-refractivity contribution in [2.24, 2.45) is 0 Å². The van der Waals surface area contributed by atoms with E-state index in [9.17, 15) is 10.4 Å². The number of halogens is 1. The predicted octanol–water partition coefficient (Wildman–Crippen LogP) is 4.18. The highest BCUT2D eigenvalue weighted by Crippen LogP contribution is 2.48. The monoisotopic (exact) mass is 560 g/mol. The van der Waals surface area contributed by atoms with Crippen LogP contribution in [-0.4, -0.2) is 64.9 Å². The second kappa shape index (κ2) is 9.52. The summed E-state index contributed by atoms with van der Waals surface area (Å²) in [7, 11) is 1.49. The topological polar surface area (TPSA) is 121 Å². The molecule has 11 heteroatoms. The van der Waals surface area contributed by atoms with Crippen molar-refractivity contribution in [1.82, 2.24) is 14.9 Å². The number of likely N-dealkylation sites (tertiary alicyclic amines) is 1. The number of methoxy groups -OCH3 is 1. The van der Waals surface area contributed by atoms with Gasteiger partial charge >= 0.3 is 6.01 Å². The van der Waals surface area contributed by atoms with E-state index in [-0.39, 0.29) is 30.2 Å². The summed E-state index contributed by atoms with van der Waals surface area (Å²) >= 11 is 1.32. The summed E-state index contributed by atoms with van der Waals surface area (Å²) in [4.78, 5) is 14.0. The fourth-order valence-corrected chi connectivity index (χ4v) is 7.84. The number of β-amino-alcohol motifs (C(OH)–C–C–N with tert-alkyl or cyclic N) is 1. The summed E-state index contributed by atoms with van der Waals surface area (Å²) in [6, 6.07) is 8.27.